The molecule has 0 aliphatic carbocycles. The standard InChI is InChI=1S/C20H23FN2OS/c1-25-19-6-2-5-18(12-19)22-20(24)16-4-3-11-23(14-16)13-15-7-9-17(21)10-8-15/h2,5-10,12,16H,3-4,11,13-14H2,1H3,(H,22,24). The molecule has 1 atom stereocenters. The molecule has 0 saturated carbocycles. The van der Waals surface area contributed by atoms with E-state index in [1.54, 1.807) is 11.8 Å². The van der Waals surface area contributed by atoms with Crippen LogP contribution in [0.25, 0.3) is 0 Å². The van der Waals surface area contributed by atoms with Gasteiger partial charge in [0.2, 0.25) is 5.91 Å². The minimum Gasteiger partial charge on any atom is -0.326 e. The van der Waals surface area contributed by atoms with Crippen molar-refractivity contribution in [3.05, 3.63) is 59.9 Å². The zero-order valence-corrected chi connectivity index (χ0v) is 15.2. The third-order valence-corrected chi connectivity index (χ3v) is 5.26. The van der Waals surface area contributed by atoms with E-state index in [9.17, 15) is 9.18 Å². The van der Waals surface area contributed by atoms with Gasteiger partial charge in [-0.25, -0.2) is 4.39 Å². The second-order valence-corrected chi connectivity index (χ2v) is 7.30. The van der Waals surface area contributed by atoms with E-state index in [4.69, 9.17) is 0 Å². The van der Waals surface area contributed by atoms with Gasteiger partial charge in [-0.3, -0.25) is 9.69 Å². The Kier molecular flexibility index (Phi) is 6.10. The Labute approximate surface area is 152 Å². The lowest BCUT2D eigenvalue weighted by atomic mass is 9.96. The van der Waals surface area contributed by atoms with Gasteiger partial charge in [-0.15, -0.1) is 11.8 Å². The maximum atomic E-state index is 13.0. The Morgan fingerprint density at radius 2 is 2.08 bits per heavy atom. The second-order valence-electron chi connectivity index (χ2n) is 6.42. The molecule has 2 aromatic carbocycles. The first-order chi connectivity index (χ1) is 12.1. The van der Waals surface area contributed by atoms with Gasteiger partial charge in [0, 0.05) is 23.7 Å². The molecule has 0 aromatic heterocycles. The summed E-state index contributed by atoms with van der Waals surface area (Å²) in [6, 6.07) is 14.5. The highest BCUT2D eigenvalue weighted by molar-refractivity contribution is 7.98. The zero-order valence-electron chi connectivity index (χ0n) is 14.4. The molecule has 1 amide bonds. The number of halogens is 1. The summed E-state index contributed by atoms with van der Waals surface area (Å²) in [6.45, 7) is 2.47. The molecule has 0 spiro atoms. The molecule has 0 radical (unpaired) electrons. The third-order valence-electron chi connectivity index (χ3n) is 4.53. The first-order valence-electron chi connectivity index (χ1n) is 8.56. The Balaban J connectivity index is 1.58. The number of likely N-dealkylation sites (tertiary alicyclic amines) is 1. The van der Waals surface area contributed by atoms with Gasteiger partial charge in [0.05, 0.1) is 5.92 Å². The summed E-state index contributed by atoms with van der Waals surface area (Å²) in [7, 11) is 0. The van der Waals surface area contributed by atoms with Crippen LogP contribution in [0.15, 0.2) is 53.4 Å². The molecular formula is C20H23FN2OS. The van der Waals surface area contributed by atoms with Gasteiger partial charge in [-0.1, -0.05) is 18.2 Å². The van der Waals surface area contributed by atoms with Crippen molar-refractivity contribution in [3.8, 4) is 0 Å². The fraction of sp³-hybridized carbons (Fsp3) is 0.350. The molecule has 1 saturated heterocycles. The van der Waals surface area contributed by atoms with Gasteiger partial charge in [-0.2, -0.15) is 0 Å². The quantitative estimate of drug-likeness (QED) is 0.804. The van der Waals surface area contributed by atoms with E-state index in [1.807, 2.05) is 42.7 Å². The van der Waals surface area contributed by atoms with Crippen molar-refractivity contribution in [1.82, 2.24) is 4.90 Å². The number of carbonyl (C=O) groups excluding carboxylic acids is 1. The lowest BCUT2D eigenvalue weighted by molar-refractivity contribution is -0.121. The van der Waals surface area contributed by atoms with Crippen LogP contribution in [0.3, 0.4) is 0 Å². The van der Waals surface area contributed by atoms with Crippen molar-refractivity contribution >= 4 is 23.4 Å². The molecule has 1 aliphatic rings. The SMILES string of the molecule is CSc1cccc(NC(=O)C2CCCN(Cc3ccc(F)cc3)C2)c1. The number of anilines is 1. The summed E-state index contributed by atoms with van der Waals surface area (Å²) in [5, 5.41) is 3.05. The molecule has 25 heavy (non-hydrogen) atoms. The molecule has 1 aliphatic heterocycles. The predicted molar refractivity (Wildman–Crippen MR) is 101 cm³/mol. The number of benzene rings is 2. The summed E-state index contributed by atoms with van der Waals surface area (Å²) in [5.41, 5.74) is 1.93. The lowest BCUT2D eigenvalue weighted by Crippen LogP contribution is -2.40. The van der Waals surface area contributed by atoms with E-state index in [0.29, 0.717) is 0 Å². The van der Waals surface area contributed by atoms with E-state index in [1.165, 1.54) is 12.1 Å². The third kappa shape index (κ3) is 5.06. The largest absolute Gasteiger partial charge is 0.326 e. The number of rotatable bonds is 5. The minimum atomic E-state index is -0.216. The highest BCUT2D eigenvalue weighted by atomic mass is 32.2. The number of nitrogens with zero attached hydrogens (tertiary/aromatic N) is 1. The average Bonchev–Trinajstić information content (AvgIpc) is 2.64. The topological polar surface area (TPSA) is 32.3 Å². The van der Waals surface area contributed by atoms with E-state index >= 15 is 0 Å². The molecule has 1 heterocycles. The van der Waals surface area contributed by atoms with Crippen LogP contribution in [0.4, 0.5) is 10.1 Å². The molecular weight excluding hydrogens is 335 g/mol. The van der Waals surface area contributed by atoms with Crippen molar-refractivity contribution in [2.24, 2.45) is 5.92 Å². The Hall–Kier alpha value is -1.85. The molecule has 1 N–H and O–H groups in total. The maximum Gasteiger partial charge on any atom is 0.228 e. The van der Waals surface area contributed by atoms with Crippen LogP contribution in [-0.4, -0.2) is 30.2 Å². The van der Waals surface area contributed by atoms with E-state index in [0.717, 1.165) is 48.6 Å². The first kappa shape index (κ1) is 18.0. The van der Waals surface area contributed by atoms with Crippen molar-refractivity contribution < 1.29 is 9.18 Å². The lowest BCUT2D eigenvalue weighted by Gasteiger charge is -2.32. The molecule has 1 fully saturated rings. The Bertz CT molecular complexity index is 720. The molecule has 132 valence electrons. The van der Waals surface area contributed by atoms with Crippen LogP contribution in [-0.2, 0) is 11.3 Å². The molecule has 5 heteroatoms. The van der Waals surface area contributed by atoms with Crippen molar-refractivity contribution in [2.45, 2.75) is 24.3 Å². The van der Waals surface area contributed by atoms with Crippen LogP contribution >= 0.6 is 11.8 Å². The fourth-order valence-corrected chi connectivity index (χ4v) is 3.67. The number of piperidine rings is 1. The summed E-state index contributed by atoms with van der Waals surface area (Å²) >= 11 is 1.66. The van der Waals surface area contributed by atoms with Crippen LogP contribution in [0, 0.1) is 11.7 Å². The van der Waals surface area contributed by atoms with Gasteiger partial charge >= 0.3 is 0 Å². The van der Waals surface area contributed by atoms with E-state index < -0.39 is 0 Å². The molecule has 3 rings (SSSR count). The van der Waals surface area contributed by atoms with E-state index in [2.05, 4.69) is 10.2 Å². The van der Waals surface area contributed by atoms with Crippen molar-refractivity contribution in [2.75, 3.05) is 24.7 Å². The summed E-state index contributed by atoms with van der Waals surface area (Å²) in [4.78, 5) is 16.0. The molecule has 2 aromatic rings. The van der Waals surface area contributed by atoms with Gasteiger partial charge in [0.1, 0.15) is 5.82 Å². The average molecular weight is 358 g/mol. The van der Waals surface area contributed by atoms with Crippen LogP contribution < -0.4 is 5.32 Å². The summed E-state index contributed by atoms with van der Waals surface area (Å²) < 4.78 is 13.0. The van der Waals surface area contributed by atoms with Crippen molar-refractivity contribution in [3.63, 3.8) is 0 Å². The van der Waals surface area contributed by atoms with Gasteiger partial charge in [0.15, 0.2) is 0 Å². The zero-order chi connectivity index (χ0) is 17.6. The summed E-state index contributed by atoms with van der Waals surface area (Å²) in [5.74, 6) is -0.138. The summed E-state index contributed by atoms with van der Waals surface area (Å²) in [6.07, 6.45) is 3.94. The number of hydrogen-bond acceptors (Lipinski definition) is 3. The Morgan fingerprint density at radius 1 is 1.28 bits per heavy atom. The second kappa shape index (κ2) is 8.50. The van der Waals surface area contributed by atoms with Crippen molar-refractivity contribution in [1.29, 1.82) is 0 Å². The monoisotopic (exact) mass is 358 g/mol. The predicted octanol–water partition coefficient (Wildman–Crippen LogP) is 4.40. The number of hydrogen-bond donors (Lipinski definition) is 1. The van der Waals surface area contributed by atoms with Crippen LogP contribution in [0.1, 0.15) is 18.4 Å². The molecule has 1 unspecified atom stereocenters. The van der Waals surface area contributed by atoms with Crippen LogP contribution in [0.2, 0.25) is 0 Å². The number of carbonyl (C=O) groups is 1. The number of nitrogens with one attached hydrogen (secondary N) is 1. The normalized spacial score (nSPS) is 18.1. The van der Waals surface area contributed by atoms with Crippen LogP contribution in [0.5, 0.6) is 0 Å². The maximum absolute atomic E-state index is 13.0. The fourth-order valence-electron chi connectivity index (χ4n) is 3.21. The Morgan fingerprint density at radius 3 is 2.84 bits per heavy atom. The van der Waals surface area contributed by atoms with Gasteiger partial charge in [0.25, 0.3) is 0 Å². The minimum absolute atomic E-state index is 0.00728. The van der Waals surface area contributed by atoms with E-state index in [-0.39, 0.29) is 17.6 Å². The highest BCUT2D eigenvalue weighted by Gasteiger charge is 2.25. The molecule has 3 nitrogen and oxygen atoms in total. The highest BCUT2D eigenvalue weighted by Crippen LogP contribution is 2.23. The first-order valence-corrected chi connectivity index (χ1v) is 9.78. The molecule has 0 bridgehead atoms. The number of amides is 1. The van der Waals surface area contributed by atoms with Gasteiger partial charge in [-0.05, 0) is 61.5 Å². The smallest absolute Gasteiger partial charge is 0.228 e. The van der Waals surface area contributed by atoms with Gasteiger partial charge < -0.3 is 5.32 Å². The number of thioether (sulfide) groups is 1.